The average Bonchev–Trinajstić information content (AvgIpc) is 2.13. The number of nitrogens with two attached hydrogens (primary N) is 1. The van der Waals surface area contributed by atoms with Crippen LogP contribution in [0.2, 0.25) is 5.02 Å². The van der Waals surface area contributed by atoms with E-state index in [1.54, 1.807) is 0 Å². The van der Waals surface area contributed by atoms with Crippen LogP contribution in [0.15, 0.2) is 12.1 Å². The van der Waals surface area contributed by atoms with Gasteiger partial charge in [-0.05, 0) is 6.07 Å². The van der Waals surface area contributed by atoms with Crippen LogP contribution in [0.4, 0.5) is 8.78 Å². The van der Waals surface area contributed by atoms with Crippen molar-refractivity contribution in [3.63, 3.8) is 0 Å². The van der Waals surface area contributed by atoms with Gasteiger partial charge >= 0.3 is 0 Å². The number of halogens is 3. The summed E-state index contributed by atoms with van der Waals surface area (Å²) < 4.78 is 25.9. The van der Waals surface area contributed by atoms with Gasteiger partial charge in [-0.15, -0.1) is 0 Å². The molecule has 1 atom stereocenters. The van der Waals surface area contributed by atoms with Crippen molar-refractivity contribution in [3.8, 4) is 0 Å². The second-order valence-corrected chi connectivity index (χ2v) is 2.96. The maximum Gasteiger partial charge on any atom is 0.177 e. The molecule has 1 aromatic rings. The van der Waals surface area contributed by atoms with Crippen LogP contribution in [0.5, 0.6) is 0 Å². The van der Waals surface area contributed by atoms with Gasteiger partial charge in [0.05, 0.1) is 17.7 Å². The van der Waals surface area contributed by atoms with Crippen molar-refractivity contribution in [2.24, 2.45) is 5.73 Å². The number of aliphatic hydroxyl groups excluding tert-OH is 1. The Morgan fingerprint density at radius 3 is 2.54 bits per heavy atom. The molecule has 0 aromatic heterocycles. The van der Waals surface area contributed by atoms with Gasteiger partial charge in [0, 0.05) is 5.56 Å². The Morgan fingerprint density at radius 2 is 2.00 bits per heavy atom. The zero-order chi connectivity index (χ0) is 10.0. The van der Waals surface area contributed by atoms with Crippen LogP contribution in [-0.4, -0.2) is 11.7 Å². The van der Waals surface area contributed by atoms with E-state index >= 15 is 0 Å². The minimum atomic E-state index is -1.14. The number of rotatable bonds is 2. The van der Waals surface area contributed by atoms with Crippen LogP contribution in [0.1, 0.15) is 11.6 Å². The Morgan fingerprint density at radius 1 is 1.38 bits per heavy atom. The van der Waals surface area contributed by atoms with Crippen LogP contribution in [0.3, 0.4) is 0 Å². The molecule has 1 rings (SSSR count). The Balaban J connectivity index is 3.18. The first-order valence-electron chi connectivity index (χ1n) is 3.57. The van der Waals surface area contributed by atoms with Gasteiger partial charge in [0.2, 0.25) is 0 Å². The fraction of sp³-hybridized carbons (Fsp3) is 0.250. The molecular formula is C8H8ClF2NO. The molecule has 72 valence electrons. The maximum atomic E-state index is 13.0. The zero-order valence-electron chi connectivity index (χ0n) is 6.60. The lowest BCUT2D eigenvalue weighted by molar-refractivity contribution is 0.264. The normalized spacial score (nSPS) is 13.0. The molecule has 5 heteroatoms. The summed E-state index contributed by atoms with van der Waals surface area (Å²) in [5.41, 5.74) is 5.24. The molecule has 0 spiro atoms. The average molecular weight is 208 g/mol. The molecule has 0 radical (unpaired) electrons. The highest BCUT2D eigenvalue weighted by Gasteiger charge is 2.16. The van der Waals surface area contributed by atoms with Crippen molar-refractivity contribution in [1.29, 1.82) is 0 Å². The van der Waals surface area contributed by atoms with E-state index in [-0.39, 0.29) is 10.6 Å². The highest BCUT2D eigenvalue weighted by atomic mass is 35.5. The summed E-state index contributed by atoms with van der Waals surface area (Å²) in [5, 5.41) is 8.33. The third-order valence-electron chi connectivity index (χ3n) is 1.66. The number of aliphatic hydroxyl groups is 1. The Hall–Kier alpha value is -0.710. The van der Waals surface area contributed by atoms with Gasteiger partial charge in [0.25, 0.3) is 0 Å². The molecule has 2 nitrogen and oxygen atoms in total. The third-order valence-corrected chi connectivity index (χ3v) is 1.95. The van der Waals surface area contributed by atoms with Crippen molar-refractivity contribution in [2.75, 3.05) is 6.61 Å². The van der Waals surface area contributed by atoms with E-state index in [9.17, 15) is 8.78 Å². The number of hydrogen-bond donors (Lipinski definition) is 2. The highest BCUT2D eigenvalue weighted by Crippen LogP contribution is 2.23. The molecule has 0 saturated carbocycles. The van der Waals surface area contributed by atoms with E-state index in [2.05, 4.69) is 0 Å². The summed E-state index contributed by atoms with van der Waals surface area (Å²) in [6.07, 6.45) is 0. The minimum Gasteiger partial charge on any atom is -0.394 e. The van der Waals surface area contributed by atoms with Gasteiger partial charge in [0.1, 0.15) is 0 Å². The Kier molecular flexibility index (Phi) is 3.19. The fourth-order valence-electron chi connectivity index (χ4n) is 0.926. The molecule has 1 aromatic carbocycles. The molecule has 0 aliphatic carbocycles. The van der Waals surface area contributed by atoms with Gasteiger partial charge in [0.15, 0.2) is 11.6 Å². The number of benzene rings is 1. The predicted octanol–water partition coefficient (Wildman–Crippen LogP) is 1.61. The van der Waals surface area contributed by atoms with E-state index in [0.717, 1.165) is 0 Å². The molecule has 0 unspecified atom stereocenters. The second-order valence-electron chi connectivity index (χ2n) is 2.55. The summed E-state index contributed by atoms with van der Waals surface area (Å²) in [4.78, 5) is 0. The van der Waals surface area contributed by atoms with Crippen molar-refractivity contribution >= 4 is 11.6 Å². The lowest BCUT2D eigenvalue weighted by atomic mass is 10.1. The van der Waals surface area contributed by atoms with Gasteiger partial charge in [-0.2, -0.15) is 0 Å². The minimum absolute atomic E-state index is 0.0793. The lowest BCUT2D eigenvalue weighted by Crippen LogP contribution is -2.16. The fourth-order valence-corrected chi connectivity index (χ4v) is 1.07. The van der Waals surface area contributed by atoms with Crippen molar-refractivity contribution < 1.29 is 13.9 Å². The lowest BCUT2D eigenvalue weighted by Gasteiger charge is -2.10. The number of hydrogen-bond acceptors (Lipinski definition) is 2. The van der Waals surface area contributed by atoms with Gasteiger partial charge in [-0.1, -0.05) is 17.7 Å². The van der Waals surface area contributed by atoms with Gasteiger partial charge in [-0.25, -0.2) is 8.78 Å². The van der Waals surface area contributed by atoms with E-state index in [1.807, 2.05) is 0 Å². The molecule has 3 N–H and O–H groups in total. The largest absolute Gasteiger partial charge is 0.394 e. The Bertz CT molecular complexity index is 319. The van der Waals surface area contributed by atoms with Crippen molar-refractivity contribution in [3.05, 3.63) is 34.4 Å². The van der Waals surface area contributed by atoms with Crippen LogP contribution < -0.4 is 5.73 Å². The summed E-state index contributed by atoms with van der Waals surface area (Å²) in [7, 11) is 0. The summed E-state index contributed by atoms with van der Waals surface area (Å²) in [6, 6.07) is 1.53. The zero-order valence-corrected chi connectivity index (χ0v) is 7.35. The van der Waals surface area contributed by atoms with Crippen LogP contribution >= 0.6 is 11.6 Å². The van der Waals surface area contributed by atoms with E-state index in [1.165, 1.54) is 12.1 Å². The first-order chi connectivity index (χ1) is 6.07. The molecule has 0 heterocycles. The molecule has 0 fully saturated rings. The molecule has 0 bridgehead atoms. The topological polar surface area (TPSA) is 46.2 Å². The molecular weight excluding hydrogens is 200 g/mol. The second kappa shape index (κ2) is 4.00. The van der Waals surface area contributed by atoms with Crippen LogP contribution in [0, 0.1) is 11.6 Å². The third kappa shape index (κ3) is 1.96. The predicted molar refractivity (Wildman–Crippen MR) is 45.4 cm³/mol. The SMILES string of the molecule is N[C@H](CO)c1ccc(Cl)c(F)c1F. The van der Waals surface area contributed by atoms with Crippen LogP contribution in [0.25, 0.3) is 0 Å². The summed E-state index contributed by atoms with van der Waals surface area (Å²) in [6.45, 7) is -0.446. The summed E-state index contributed by atoms with van der Waals surface area (Å²) in [5.74, 6) is -2.24. The highest BCUT2D eigenvalue weighted by molar-refractivity contribution is 6.30. The molecule has 0 amide bonds. The maximum absolute atomic E-state index is 13.0. The van der Waals surface area contributed by atoms with Gasteiger partial charge in [-0.3, -0.25) is 0 Å². The first-order valence-corrected chi connectivity index (χ1v) is 3.95. The standard InChI is InChI=1S/C8H8ClF2NO/c9-5-2-1-4(6(12)3-13)7(10)8(5)11/h1-2,6,13H,3,12H2/t6-/m1/s1. The van der Waals surface area contributed by atoms with E-state index < -0.39 is 24.3 Å². The first kappa shape index (κ1) is 10.4. The van der Waals surface area contributed by atoms with E-state index in [0.29, 0.717) is 0 Å². The molecule has 0 aliphatic rings. The summed E-state index contributed by atoms with van der Waals surface area (Å²) >= 11 is 5.32. The van der Waals surface area contributed by atoms with Crippen molar-refractivity contribution in [2.45, 2.75) is 6.04 Å². The molecule has 0 saturated heterocycles. The monoisotopic (exact) mass is 207 g/mol. The molecule has 13 heavy (non-hydrogen) atoms. The quantitative estimate of drug-likeness (QED) is 0.724. The molecule has 0 aliphatic heterocycles. The Labute approximate surface area is 78.9 Å². The van der Waals surface area contributed by atoms with Crippen molar-refractivity contribution in [1.82, 2.24) is 0 Å². The smallest absolute Gasteiger partial charge is 0.177 e. The van der Waals surface area contributed by atoms with E-state index in [4.69, 9.17) is 22.4 Å². The van der Waals surface area contributed by atoms with Gasteiger partial charge < -0.3 is 10.8 Å². The van der Waals surface area contributed by atoms with Crippen LogP contribution in [-0.2, 0) is 0 Å².